The van der Waals surface area contributed by atoms with Crippen LogP contribution in [-0.4, -0.2) is 130 Å². The molecular formula is C24H50O12S3. The molecule has 0 bridgehead atoms. The molecule has 0 radical (unpaired) electrons. The topological polar surface area (TPSA) is 144 Å². The Labute approximate surface area is 249 Å². The predicted octanol–water partition coefficient (Wildman–Crippen LogP) is 1.32. The Balaban J connectivity index is 4.33. The van der Waals surface area contributed by atoms with Gasteiger partial charge in [0.15, 0.2) is 0 Å². The van der Waals surface area contributed by atoms with Gasteiger partial charge in [-0.1, -0.05) is 6.92 Å². The molecule has 0 heterocycles. The Bertz CT molecular complexity index is 448. The van der Waals surface area contributed by atoms with Gasteiger partial charge in [0.25, 0.3) is 0 Å². The lowest BCUT2D eigenvalue weighted by atomic mass is 9.88. The van der Waals surface area contributed by atoms with E-state index in [1.54, 1.807) is 0 Å². The van der Waals surface area contributed by atoms with Gasteiger partial charge in [-0.2, -0.15) is 37.9 Å². The largest absolute Gasteiger partial charge is 0.390 e. The molecule has 3 unspecified atom stereocenters. The Hall–Kier alpha value is 0.570. The molecule has 0 saturated heterocycles. The van der Waals surface area contributed by atoms with Crippen molar-refractivity contribution < 1.29 is 58.9 Å². The quantitative estimate of drug-likeness (QED) is 0.0286. The van der Waals surface area contributed by atoms with Crippen molar-refractivity contribution >= 4 is 37.9 Å². The van der Waals surface area contributed by atoms with Gasteiger partial charge < -0.3 is 29.5 Å². The first-order valence-electron chi connectivity index (χ1n) is 13.3. The maximum atomic E-state index is 9.38. The van der Waals surface area contributed by atoms with Crippen molar-refractivity contribution in [1.29, 1.82) is 0 Å². The van der Waals surface area contributed by atoms with Gasteiger partial charge in [0.05, 0.1) is 58.0 Å². The Morgan fingerprint density at radius 2 is 0.821 bits per heavy atom. The highest BCUT2D eigenvalue weighted by Crippen LogP contribution is 2.24. The van der Waals surface area contributed by atoms with E-state index in [-0.39, 0.29) is 25.2 Å². The fourth-order valence-corrected chi connectivity index (χ4v) is 2.99. The van der Waals surface area contributed by atoms with Crippen LogP contribution < -0.4 is 0 Å². The van der Waals surface area contributed by atoms with Gasteiger partial charge in [-0.15, -0.1) is 0 Å². The molecule has 0 saturated carbocycles. The molecule has 0 aliphatic carbocycles. The van der Waals surface area contributed by atoms with Crippen molar-refractivity contribution in [3.8, 4) is 0 Å². The lowest BCUT2D eigenvalue weighted by Crippen LogP contribution is -2.37. The van der Waals surface area contributed by atoms with Crippen LogP contribution in [0.5, 0.6) is 0 Å². The molecule has 0 aliphatic rings. The smallest absolute Gasteiger partial charge is 0.109 e. The highest BCUT2D eigenvalue weighted by atomic mass is 32.1. The van der Waals surface area contributed by atoms with E-state index in [4.69, 9.17) is 43.5 Å². The minimum absolute atomic E-state index is 0.0710. The molecule has 3 atom stereocenters. The first kappa shape index (κ1) is 39.6. The van der Waals surface area contributed by atoms with Crippen molar-refractivity contribution in [2.75, 3.05) is 96.5 Å². The Morgan fingerprint density at radius 3 is 1.08 bits per heavy atom. The molecule has 0 aliphatic heterocycles. The van der Waals surface area contributed by atoms with Crippen LogP contribution in [0.3, 0.4) is 0 Å². The monoisotopic (exact) mass is 626 g/mol. The van der Waals surface area contributed by atoms with E-state index >= 15 is 0 Å². The molecule has 15 heteroatoms. The average molecular weight is 627 g/mol. The van der Waals surface area contributed by atoms with Gasteiger partial charge in [-0.25, -0.2) is 29.3 Å². The summed E-state index contributed by atoms with van der Waals surface area (Å²) in [6.45, 7) is 5.99. The number of thiol groups is 3. The second kappa shape index (κ2) is 28.7. The van der Waals surface area contributed by atoms with Crippen LogP contribution in [0.4, 0.5) is 0 Å². The number of hydrogen-bond acceptors (Lipinski definition) is 15. The van der Waals surface area contributed by atoms with Crippen LogP contribution in [0, 0.1) is 5.41 Å². The number of hydrogen-bond donors (Lipinski definition) is 6. The maximum absolute atomic E-state index is 9.38. The number of aliphatic hydroxyl groups excluding tert-OH is 3. The molecule has 0 aromatic carbocycles. The standard InChI is InChI=1S/C24H50O12S3/c1-2-24(18-28-6-3-9-31-34-12-21(25)15-37,19-29-7-4-10-32-35-13-22(26)16-38)20-30-8-5-11-33-36-14-23(27)17-39/h21-23,25-27,37-39H,2-20H2,1H3. The SMILES string of the molecule is CCC(COCCCOOCC(O)CS)(COCCCOOCC(O)CS)COCCCOOCC(O)CS. The molecule has 0 fully saturated rings. The van der Waals surface area contributed by atoms with Gasteiger partial charge in [-0.3, -0.25) is 0 Å². The molecular weight excluding hydrogens is 576 g/mol. The molecule has 3 N–H and O–H groups in total. The van der Waals surface area contributed by atoms with E-state index in [1.165, 1.54) is 0 Å². The third-order valence-electron chi connectivity index (χ3n) is 5.19. The van der Waals surface area contributed by atoms with Crippen LogP contribution >= 0.6 is 37.9 Å². The molecule has 12 nitrogen and oxygen atoms in total. The van der Waals surface area contributed by atoms with Crippen molar-refractivity contribution in [1.82, 2.24) is 0 Å². The van der Waals surface area contributed by atoms with Crippen LogP contribution in [-0.2, 0) is 43.5 Å². The summed E-state index contributed by atoms with van der Waals surface area (Å²) in [5, 5.41) is 28.1. The van der Waals surface area contributed by atoms with Gasteiger partial charge >= 0.3 is 0 Å². The third-order valence-corrected chi connectivity index (χ3v) is 6.45. The molecule has 39 heavy (non-hydrogen) atoms. The van der Waals surface area contributed by atoms with Gasteiger partial charge in [0, 0.05) is 42.5 Å². The minimum Gasteiger partial charge on any atom is -0.390 e. The Morgan fingerprint density at radius 1 is 0.513 bits per heavy atom. The minimum atomic E-state index is -0.662. The van der Waals surface area contributed by atoms with Gasteiger partial charge in [0.1, 0.15) is 19.8 Å². The van der Waals surface area contributed by atoms with Crippen LogP contribution in [0.15, 0.2) is 0 Å². The van der Waals surface area contributed by atoms with Crippen molar-refractivity contribution in [3.05, 3.63) is 0 Å². The molecule has 0 aromatic rings. The second-order valence-corrected chi connectivity index (χ2v) is 10.00. The van der Waals surface area contributed by atoms with E-state index < -0.39 is 18.3 Å². The molecule has 0 rings (SSSR count). The summed E-state index contributed by atoms with van der Waals surface area (Å²) in [6.07, 6.45) is 0.654. The zero-order chi connectivity index (χ0) is 29.0. The summed E-state index contributed by atoms with van der Waals surface area (Å²) in [5.74, 6) is 0.912. The highest BCUT2D eigenvalue weighted by Gasteiger charge is 2.29. The summed E-state index contributed by atoms with van der Waals surface area (Å²) in [7, 11) is 0. The molecule has 0 amide bonds. The normalized spacial score (nSPS) is 15.8. The van der Waals surface area contributed by atoms with Crippen LogP contribution in [0.1, 0.15) is 32.6 Å². The third kappa shape index (κ3) is 24.8. The van der Waals surface area contributed by atoms with E-state index in [9.17, 15) is 15.3 Å². The number of rotatable bonds is 31. The highest BCUT2D eigenvalue weighted by molar-refractivity contribution is 7.80. The summed E-state index contributed by atoms with van der Waals surface area (Å²) >= 11 is 11.9. The molecule has 0 aromatic heterocycles. The molecule has 236 valence electrons. The fraction of sp³-hybridized carbons (Fsp3) is 1.00. The van der Waals surface area contributed by atoms with Gasteiger partial charge in [0.2, 0.25) is 0 Å². The zero-order valence-corrected chi connectivity index (χ0v) is 25.7. The predicted molar refractivity (Wildman–Crippen MR) is 154 cm³/mol. The van der Waals surface area contributed by atoms with Crippen molar-refractivity contribution in [2.45, 2.75) is 50.9 Å². The zero-order valence-electron chi connectivity index (χ0n) is 23.0. The molecule has 0 spiro atoms. The summed E-state index contributed by atoms with van der Waals surface area (Å²) in [4.78, 5) is 29.9. The summed E-state index contributed by atoms with van der Waals surface area (Å²) in [5.41, 5.74) is -0.351. The summed E-state index contributed by atoms with van der Waals surface area (Å²) in [6, 6.07) is 0. The van der Waals surface area contributed by atoms with Crippen LogP contribution in [0.25, 0.3) is 0 Å². The van der Waals surface area contributed by atoms with Crippen molar-refractivity contribution in [2.24, 2.45) is 5.41 Å². The first-order valence-corrected chi connectivity index (χ1v) is 15.2. The van der Waals surface area contributed by atoms with E-state index in [1.807, 2.05) is 0 Å². The van der Waals surface area contributed by atoms with E-state index in [0.29, 0.717) is 96.0 Å². The maximum Gasteiger partial charge on any atom is 0.109 e. The summed E-state index contributed by atoms with van der Waals surface area (Å²) < 4.78 is 17.8. The fourth-order valence-electron chi connectivity index (χ4n) is 2.67. The first-order chi connectivity index (χ1) is 18.9. The second-order valence-electron chi connectivity index (χ2n) is 8.90. The number of aliphatic hydroxyl groups is 3. The average Bonchev–Trinajstić information content (AvgIpc) is 2.95. The van der Waals surface area contributed by atoms with Crippen LogP contribution in [0.2, 0.25) is 0 Å². The van der Waals surface area contributed by atoms with Gasteiger partial charge in [-0.05, 0) is 25.7 Å². The van der Waals surface area contributed by atoms with E-state index in [0.717, 1.165) is 6.42 Å². The van der Waals surface area contributed by atoms with E-state index in [2.05, 4.69) is 44.8 Å². The van der Waals surface area contributed by atoms with Crippen molar-refractivity contribution in [3.63, 3.8) is 0 Å². The Kier molecular flexibility index (Phi) is 29.1. The number of ether oxygens (including phenoxy) is 3. The lowest BCUT2D eigenvalue weighted by Gasteiger charge is -2.32. The lowest BCUT2D eigenvalue weighted by molar-refractivity contribution is -0.305.